The molecule has 1 amide bonds. The Kier molecular flexibility index (Phi) is 6.45. The van der Waals surface area contributed by atoms with Crippen molar-refractivity contribution in [3.63, 3.8) is 0 Å². The number of imidazole rings is 1. The fourth-order valence-corrected chi connectivity index (χ4v) is 2.75. The Bertz CT molecular complexity index is 722. The van der Waals surface area contributed by atoms with Gasteiger partial charge >= 0.3 is 6.18 Å². The Morgan fingerprint density at radius 2 is 1.92 bits per heavy atom. The highest BCUT2D eigenvalue weighted by molar-refractivity contribution is 5.94. The standard InChI is InChI=1S/C18H24F3N3O/c1-3-5-6-7-11-22-17(25)16-14(8-4-2)23-15-10-9-13(12-24(15)16)18(19,20)21/h9-10,12H,3-8,11H2,1-2H3,(H,22,25). The number of nitrogens with one attached hydrogen (secondary N) is 1. The number of hydrogen-bond acceptors (Lipinski definition) is 2. The lowest BCUT2D eigenvalue weighted by atomic mass is 10.2. The molecule has 4 nitrogen and oxygen atoms in total. The second-order valence-corrected chi connectivity index (χ2v) is 6.12. The van der Waals surface area contributed by atoms with Gasteiger partial charge in [0.25, 0.3) is 5.91 Å². The van der Waals surface area contributed by atoms with Gasteiger partial charge < -0.3 is 5.32 Å². The molecule has 0 saturated carbocycles. The van der Waals surface area contributed by atoms with Gasteiger partial charge in [0.05, 0.1) is 11.3 Å². The zero-order valence-electron chi connectivity index (χ0n) is 14.6. The number of halogens is 3. The average Bonchev–Trinajstić information content (AvgIpc) is 2.91. The van der Waals surface area contributed by atoms with Crippen molar-refractivity contribution in [1.82, 2.24) is 14.7 Å². The van der Waals surface area contributed by atoms with Gasteiger partial charge in [-0.3, -0.25) is 9.20 Å². The third-order valence-corrected chi connectivity index (χ3v) is 4.04. The van der Waals surface area contributed by atoms with Gasteiger partial charge in [0.2, 0.25) is 0 Å². The lowest BCUT2D eigenvalue weighted by Gasteiger charge is -2.09. The number of unbranched alkanes of at least 4 members (excludes halogenated alkanes) is 3. The van der Waals surface area contributed by atoms with Crippen molar-refractivity contribution in [3.8, 4) is 0 Å². The van der Waals surface area contributed by atoms with Crippen LogP contribution in [0.5, 0.6) is 0 Å². The molecule has 0 unspecified atom stereocenters. The summed E-state index contributed by atoms with van der Waals surface area (Å²) in [6.07, 6.45) is 1.86. The zero-order chi connectivity index (χ0) is 18.4. The Labute approximate surface area is 145 Å². The molecular formula is C18H24F3N3O. The van der Waals surface area contributed by atoms with Crippen molar-refractivity contribution in [2.45, 2.75) is 58.5 Å². The molecule has 0 fully saturated rings. The zero-order valence-corrected chi connectivity index (χ0v) is 14.6. The quantitative estimate of drug-likeness (QED) is 0.703. The van der Waals surface area contributed by atoms with Crippen molar-refractivity contribution >= 4 is 11.6 Å². The maximum absolute atomic E-state index is 13.0. The number of aryl methyl sites for hydroxylation is 1. The molecule has 0 aliphatic heterocycles. The second kappa shape index (κ2) is 8.36. The molecule has 2 aromatic heterocycles. The minimum Gasteiger partial charge on any atom is -0.351 e. The number of nitrogens with zero attached hydrogens (tertiary/aromatic N) is 2. The second-order valence-electron chi connectivity index (χ2n) is 6.12. The van der Waals surface area contributed by atoms with E-state index in [9.17, 15) is 18.0 Å². The van der Waals surface area contributed by atoms with E-state index in [0.29, 0.717) is 24.3 Å². The van der Waals surface area contributed by atoms with Crippen LogP contribution in [0, 0.1) is 0 Å². The molecular weight excluding hydrogens is 331 g/mol. The first-order chi connectivity index (χ1) is 11.9. The Morgan fingerprint density at radius 3 is 2.56 bits per heavy atom. The lowest BCUT2D eigenvalue weighted by molar-refractivity contribution is -0.137. The molecule has 0 atom stereocenters. The highest BCUT2D eigenvalue weighted by Crippen LogP contribution is 2.30. The minimum atomic E-state index is -4.46. The summed E-state index contributed by atoms with van der Waals surface area (Å²) in [5, 5.41) is 2.81. The minimum absolute atomic E-state index is 0.207. The molecule has 0 aromatic carbocycles. The predicted molar refractivity (Wildman–Crippen MR) is 90.7 cm³/mol. The third kappa shape index (κ3) is 4.74. The van der Waals surface area contributed by atoms with E-state index in [1.54, 1.807) is 0 Å². The maximum Gasteiger partial charge on any atom is 0.417 e. The first-order valence-electron chi connectivity index (χ1n) is 8.74. The summed E-state index contributed by atoms with van der Waals surface area (Å²) >= 11 is 0. The van der Waals surface area contributed by atoms with Crippen LogP contribution in [0.3, 0.4) is 0 Å². The van der Waals surface area contributed by atoms with Crippen LogP contribution in [-0.4, -0.2) is 21.8 Å². The number of fused-ring (bicyclic) bond motifs is 1. The van der Waals surface area contributed by atoms with Crippen LogP contribution in [0.2, 0.25) is 0 Å². The fourth-order valence-electron chi connectivity index (χ4n) is 2.75. The smallest absolute Gasteiger partial charge is 0.351 e. The lowest BCUT2D eigenvalue weighted by Crippen LogP contribution is -2.27. The molecule has 0 radical (unpaired) electrons. The SMILES string of the molecule is CCCCCCNC(=O)c1c(CCC)nc2ccc(C(F)(F)F)cn12. The van der Waals surface area contributed by atoms with Gasteiger partial charge in [-0.1, -0.05) is 39.5 Å². The van der Waals surface area contributed by atoms with Gasteiger partial charge in [-0.15, -0.1) is 0 Å². The van der Waals surface area contributed by atoms with Crippen LogP contribution < -0.4 is 5.32 Å². The number of pyridine rings is 1. The molecule has 0 aliphatic rings. The van der Waals surface area contributed by atoms with E-state index in [0.717, 1.165) is 44.4 Å². The van der Waals surface area contributed by atoms with Crippen molar-refractivity contribution < 1.29 is 18.0 Å². The van der Waals surface area contributed by atoms with Gasteiger partial charge in [-0.2, -0.15) is 13.2 Å². The van der Waals surface area contributed by atoms with E-state index in [1.807, 2.05) is 6.92 Å². The molecule has 2 rings (SSSR count). The van der Waals surface area contributed by atoms with Crippen molar-refractivity contribution in [2.24, 2.45) is 0 Å². The van der Waals surface area contributed by atoms with Crippen molar-refractivity contribution in [3.05, 3.63) is 35.3 Å². The first kappa shape index (κ1) is 19.3. The highest BCUT2D eigenvalue weighted by Gasteiger charge is 2.31. The van der Waals surface area contributed by atoms with E-state index >= 15 is 0 Å². The number of carbonyl (C=O) groups is 1. The van der Waals surface area contributed by atoms with E-state index < -0.39 is 11.7 Å². The van der Waals surface area contributed by atoms with Gasteiger partial charge in [-0.25, -0.2) is 4.98 Å². The Balaban J connectivity index is 2.30. The molecule has 1 N–H and O–H groups in total. The number of amides is 1. The topological polar surface area (TPSA) is 46.4 Å². The van der Waals surface area contributed by atoms with Crippen LogP contribution in [0.1, 0.15) is 67.7 Å². The average molecular weight is 355 g/mol. The molecule has 2 aromatic rings. The molecule has 138 valence electrons. The largest absolute Gasteiger partial charge is 0.417 e. The van der Waals surface area contributed by atoms with Gasteiger partial charge in [0, 0.05) is 12.7 Å². The maximum atomic E-state index is 13.0. The summed E-state index contributed by atoms with van der Waals surface area (Å²) in [5.74, 6) is -0.369. The number of rotatable bonds is 8. The van der Waals surface area contributed by atoms with Gasteiger partial charge in [-0.05, 0) is 25.0 Å². The van der Waals surface area contributed by atoms with Crippen molar-refractivity contribution in [2.75, 3.05) is 6.54 Å². The van der Waals surface area contributed by atoms with E-state index in [-0.39, 0.29) is 11.6 Å². The van der Waals surface area contributed by atoms with Crippen LogP contribution in [-0.2, 0) is 12.6 Å². The first-order valence-corrected chi connectivity index (χ1v) is 8.74. The molecule has 7 heteroatoms. The van der Waals surface area contributed by atoms with Crippen molar-refractivity contribution in [1.29, 1.82) is 0 Å². The Hall–Kier alpha value is -2.05. The summed E-state index contributed by atoms with van der Waals surface area (Å²) in [6.45, 7) is 4.56. The number of aromatic nitrogens is 2. The normalized spacial score (nSPS) is 11.9. The summed E-state index contributed by atoms with van der Waals surface area (Å²) in [5.41, 5.74) is 0.302. The fraction of sp³-hybridized carbons (Fsp3) is 0.556. The van der Waals surface area contributed by atoms with E-state index in [1.165, 1.54) is 10.5 Å². The molecule has 0 saturated heterocycles. The molecule has 2 heterocycles. The van der Waals surface area contributed by atoms with Gasteiger partial charge in [0.15, 0.2) is 0 Å². The number of hydrogen-bond donors (Lipinski definition) is 1. The van der Waals surface area contributed by atoms with Crippen LogP contribution in [0.4, 0.5) is 13.2 Å². The van der Waals surface area contributed by atoms with E-state index in [4.69, 9.17) is 0 Å². The van der Waals surface area contributed by atoms with Crippen LogP contribution in [0.25, 0.3) is 5.65 Å². The monoisotopic (exact) mass is 355 g/mol. The number of carbonyl (C=O) groups excluding carboxylic acids is 1. The van der Waals surface area contributed by atoms with Crippen LogP contribution in [0.15, 0.2) is 18.3 Å². The Morgan fingerprint density at radius 1 is 1.16 bits per heavy atom. The highest BCUT2D eigenvalue weighted by atomic mass is 19.4. The predicted octanol–water partition coefficient (Wildman–Crippen LogP) is 4.62. The van der Waals surface area contributed by atoms with Crippen LogP contribution >= 0.6 is 0 Å². The number of alkyl halides is 3. The summed E-state index contributed by atoms with van der Waals surface area (Å²) in [7, 11) is 0. The summed E-state index contributed by atoms with van der Waals surface area (Å²) in [6, 6.07) is 2.30. The molecule has 0 spiro atoms. The molecule has 25 heavy (non-hydrogen) atoms. The summed E-state index contributed by atoms with van der Waals surface area (Å²) in [4.78, 5) is 16.9. The van der Waals surface area contributed by atoms with Gasteiger partial charge in [0.1, 0.15) is 11.3 Å². The molecule has 0 aliphatic carbocycles. The third-order valence-electron chi connectivity index (χ3n) is 4.04. The molecule has 0 bridgehead atoms. The summed E-state index contributed by atoms with van der Waals surface area (Å²) < 4.78 is 40.2. The van der Waals surface area contributed by atoms with E-state index in [2.05, 4.69) is 17.2 Å².